The van der Waals surface area contributed by atoms with E-state index in [1.54, 1.807) is 30.7 Å². The summed E-state index contributed by atoms with van der Waals surface area (Å²) < 4.78 is 26.8. The minimum Gasteiger partial charge on any atom is -0.349 e. The van der Waals surface area contributed by atoms with E-state index in [-0.39, 0.29) is 16.8 Å². The first-order valence-corrected chi connectivity index (χ1v) is 10.1. The molecule has 7 nitrogen and oxygen atoms in total. The number of amides is 1. The molecule has 1 amide bonds. The van der Waals surface area contributed by atoms with E-state index in [2.05, 4.69) is 15.3 Å². The Morgan fingerprint density at radius 2 is 2.04 bits per heavy atom. The molecule has 2 aromatic rings. The maximum Gasteiger partial charge on any atom is 0.251 e. The first-order valence-electron chi connectivity index (χ1n) is 8.63. The molecule has 1 N–H and O–H groups in total. The minimum atomic E-state index is -3.54. The van der Waals surface area contributed by atoms with Crippen LogP contribution in [0, 0.1) is 0 Å². The molecule has 3 rings (SSSR count). The summed E-state index contributed by atoms with van der Waals surface area (Å²) in [5, 5.41) is 2.88. The molecule has 1 aromatic heterocycles. The van der Waals surface area contributed by atoms with Gasteiger partial charge in [0.05, 0.1) is 10.6 Å². The molecular weight excluding hydrogens is 352 g/mol. The van der Waals surface area contributed by atoms with Crippen LogP contribution in [0.3, 0.4) is 0 Å². The lowest BCUT2D eigenvalue weighted by Crippen LogP contribution is -2.34. The number of hydrogen-bond acceptors (Lipinski definition) is 5. The molecule has 26 heavy (non-hydrogen) atoms. The summed E-state index contributed by atoms with van der Waals surface area (Å²) in [6.45, 7) is 2.94. The Labute approximate surface area is 153 Å². The topological polar surface area (TPSA) is 92.3 Å². The molecule has 1 atom stereocenters. The number of benzene rings is 1. The van der Waals surface area contributed by atoms with E-state index in [1.807, 2.05) is 6.92 Å². The first kappa shape index (κ1) is 18.5. The molecule has 8 heteroatoms. The van der Waals surface area contributed by atoms with Gasteiger partial charge in [-0.15, -0.1) is 0 Å². The van der Waals surface area contributed by atoms with Gasteiger partial charge in [0, 0.05) is 49.7 Å². The molecule has 1 aliphatic rings. The maximum atomic E-state index is 12.7. The number of rotatable bonds is 6. The molecule has 0 aliphatic carbocycles. The van der Waals surface area contributed by atoms with Crippen LogP contribution in [0.1, 0.15) is 35.8 Å². The maximum absolute atomic E-state index is 12.7. The zero-order valence-electron chi connectivity index (χ0n) is 14.6. The fraction of sp³-hybridized carbons (Fsp3) is 0.389. The van der Waals surface area contributed by atoms with E-state index in [0.29, 0.717) is 25.1 Å². The summed E-state index contributed by atoms with van der Waals surface area (Å²) >= 11 is 0. The van der Waals surface area contributed by atoms with Crippen molar-refractivity contribution in [3.63, 3.8) is 0 Å². The fourth-order valence-electron chi connectivity index (χ4n) is 2.98. The summed E-state index contributed by atoms with van der Waals surface area (Å²) in [5.74, 6) is -0.306. The SMILES string of the molecule is C[C@H](Cc1cnccn1)NC(=O)c1cccc(S(=O)(=O)N2CCCC2)c1. The Morgan fingerprint density at radius 1 is 1.27 bits per heavy atom. The third kappa shape index (κ3) is 4.25. The van der Waals surface area contributed by atoms with Crippen molar-refractivity contribution < 1.29 is 13.2 Å². The van der Waals surface area contributed by atoms with Gasteiger partial charge in [-0.25, -0.2) is 8.42 Å². The van der Waals surface area contributed by atoms with Crippen molar-refractivity contribution in [1.82, 2.24) is 19.6 Å². The van der Waals surface area contributed by atoms with Crippen molar-refractivity contribution in [3.05, 3.63) is 54.1 Å². The van der Waals surface area contributed by atoms with Gasteiger partial charge in [-0.2, -0.15) is 4.31 Å². The van der Waals surface area contributed by atoms with Crippen LogP contribution in [0.25, 0.3) is 0 Å². The number of aromatic nitrogens is 2. The Bertz CT molecular complexity index is 865. The van der Waals surface area contributed by atoms with Gasteiger partial charge >= 0.3 is 0 Å². The second-order valence-electron chi connectivity index (χ2n) is 6.41. The van der Waals surface area contributed by atoms with Gasteiger partial charge < -0.3 is 5.32 Å². The molecule has 1 aliphatic heterocycles. The number of nitrogens with zero attached hydrogens (tertiary/aromatic N) is 3. The van der Waals surface area contributed by atoms with Gasteiger partial charge in [-0.1, -0.05) is 6.07 Å². The number of hydrogen-bond donors (Lipinski definition) is 1. The van der Waals surface area contributed by atoms with E-state index in [4.69, 9.17) is 0 Å². The summed E-state index contributed by atoms with van der Waals surface area (Å²) in [7, 11) is -3.54. The summed E-state index contributed by atoms with van der Waals surface area (Å²) in [6.07, 6.45) is 7.16. The molecule has 0 unspecified atom stereocenters. The zero-order valence-corrected chi connectivity index (χ0v) is 15.4. The van der Waals surface area contributed by atoms with Crippen molar-refractivity contribution in [2.75, 3.05) is 13.1 Å². The van der Waals surface area contributed by atoms with Crippen LogP contribution in [0.5, 0.6) is 0 Å². The lowest BCUT2D eigenvalue weighted by atomic mass is 10.1. The molecule has 1 fully saturated rings. The summed E-state index contributed by atoms with van der Waals surface area (Å²) in [4.78, 5) is 20.8. The molecule has 2 heterocycles. The molecule has 0 saturated carbocycles. The van der Waals surface area contributed by atoms with Crippen LogP contribution in [0.2, 0.25) is 0 Å². The third-order valence-electron chi connectivity index (χ3n) is 4.31. The predicted octanol–water partition coefficient (Wildman–Crippen LogP) is 1.62. The van der Waals surface area contributed by atoms with Gasteiger partial charge in [0.1, 0.15) is 0 Å². The quantitative estimate of drug-likeness (QED) is 0.829. The van der Waals surface area contributed by atoms with Gasteiger partial charge in [0.2, 0.25) is 10.0 Å². The summed E-state index contributed by atoms with van der Waals surface area (Å²) in [6, 6.07) is 6.04. The largest absolute Gasteiger partial charge is 0.349 e. The smallest absolute Gasteiger partial charge is 0.251 e. The van der Waals surface area contributed by atoms with E-state index in [9.17, 15) is 13.2 Å². The number of carbonyl (C=O) groups excluding carboxylic acids is 1. The van der Waals surface area contributed by atoms with Crippen molar-refractivity contribution in [1.29, 1.82) is 0 Å². The van der Waals surface area contributed by atoms with Crippen molar-refractivity contribution in [2.45, 2.75) is 37.1 Å². The van der Waals surface area contributed by atoms with E-state index < -0.39 is 10.0 Å². The van der Waals surface area contributed by atoms with Crippen LogP contribution >= 0.6 is 0 Å². The molecule has 0 bridgehead atoms. The molecule has 1 aromatic carbocycles. The highest BCUT2D eigenvalue weighted by molar-refractivity contribution is 7.89. The highest BCUT2D eigenvalue weighted by atomic mass is 32.2. The highest BCUT2D eigenvalue weighted by Gasteiger charge is 2.27. The Balaban J connectivity index is 1.70. The minimum absolute atomic E-state index is 0.155. The molecule has 0 spiro atoms. The van der Waals surface area contributed by atoms with E-state index in [1.165, 1.54) is 16.4 Å². The highest BCUT2D eigenvalue weighted by Crippen LogP contribution is 2.21. The van der Waals surface area contributed by atoms with Gasteiger partial charge in [0.15, 0.2) is 0 Å². The molecule has 1 saturated heterocycles. The lowest BCUT2D eigenvalue weighted by Gasteiger charge is -2.17. The Kier molecular flexibility index (Phi) is 5.63. The number of sulfonamides is 1. The second kappa shape index (κ2) is 7.92. The van der Waals surface area contributed by atoms with E-state index >= 15 is 0 Å². The van der Waals surface area contributed by atoms with Crippen molar-refractivity contribution >= 4 is 15.9 Å². The monoisotopic (exact) mass is 374 g/mol. The van der Waals surface area contributed by atoms with Crippen molar-refractivity contribution in [2.24, 2.45) is 0 Å². The van der Waals surface area contributed by atoms with Gasteiger partial charge in [-0.05, 0) is 38.0 Å². The molecular formula is C18H22N4O3S. The van der Waals surface area contributed by atoms with Gasteiger partial charge in [-0.3, -0.25) is 14.8 Å². The van der Waals surface area contributed by atoms with Crippen LogP contribution in [-0.4, -0.2) is 47.7 Å². The number of nitrogens with one attached hydrogen (secondary N) is 1. The fourth-order valence-corrected chi connectivity index (χ4v) is 4.55. The van der Waals surface area contributed by atoms with Crippen LogP contribution in [0.4, 0.5) is 0 Å². The standard InChI is InChI=1S/C18H22N4O3S/c1-14(11-16-13-19-7-8-20-16)21-18(23)15-5-4-6-17(12-15)26(24,25)22-9-2-3-10-22/h4-8,12-14H,2-3,9-11H2,1H3,(H,21,23)/t14-/m1/s1. The Morgan fingerprint density at radius 3 is 2.73 bits per heavy atom. The third-order valence-corrected chi connectivity index (χ3v) is 6.20. The van der Waals surface area contributed by atoms with Crippen LogP contribution in [0.15, 0.2) is 47.8 Å². The average Bonchev–Trinajstić information content (AvgIpc) is 3.18. The van der Waals surface area contributed by atoms with Crippen molar-refractivity contribution in [3.8, 4) is 0 Å². The normalized spacial score (nSPS) is 16.3. The molecule has 0 radical (unpaired) electrons. The first-order chi connectivity index (χ1) is 12.5. The van der Waals surface area contributed by atoms with Gasteiger partial charge in [0.25, 0.3) is 5.91 Å². The Hall–Kier alpha value is -2.32. The van der Waals surface area contributed by atoms with E-state index in [0.717, 1.165) is 18.5 Å². The lowest BCUT2D eigenvalue weighted by molar-refractivity contribution is 0.0939. The second-order valence-corrected chi connectivity index (χ2v) is 8.35. The van der Waals surface area contributed by atoms with Crippen LogP contribution in [-0.2, 0) is 16.4 Å². The summed E-state index contributed by atoms with van der Waals surface area (Å²) in [5.41, 5.74) is 1.11. The average molecular weight is 374 g/mol. The molecule has 138 valence electrons. The van der Waals surface area contributed by atoms with Crippen LogP contribution < -0.4 is 5.32 Å². The zero-order chi connectivity index (χ0) is 18.6. The number of carbonyl (C=O) groups is 1. The predicted molar refractivity (Wildman–Crippen MR) is 97.1 cm³/mol.